The van der Waals surface area contributed by atoms with Gasteiger partial charge in [-0.1, -0.05) is 6.07 Å². The molecule has 3 N–H and O–H groups in total. The predicted octanol–water partition coefficient (Wildman–Crippen LogP) is 3.92. The van der Waals surface area contributed by atoms with E-state index in [4.69, 9.17) is 20.4 Å². The lowest BCUT2D eigenvalue weighted by atomic mass is 10.1. The van der Waals surface area contributed by atoms with Gasteiger partial charge in [0.2, 0.25) is 5.95 Å². The van der Waals surface area contributed by atoms with Crippen LogP contribution in [0, 0.1) is 0 Å². The van der Waals surface area contributed by atoms with Crippen molar-refractivity contribution in [3.05, 3.63) is 42.5 Å². The van der Waals surface area contributed by atoms with Gasteiger partial charge < -0.3 is 25.3 Å². The summed E-state index contributed by atoms with van der Waals surface area (Å²) in [4.78, 5) is 32.4. The number of primary amides is 1. The van der Waals surface area contributed by atoms with Crippen molar-refractivity contribution < 1.29 is 9.53 Å². The van der Waals surface area contributed by atoms with E-state index in [2.05, 4.69) is 59.0 Å². The van der Waals surface area contributed by atoms with Crippen LogP contribution >= 0.6 is 0 Å². The fourth-order valence-electron chi connectivity index (χ4n) is 4.79. The van der Waals surface area contributed by atoms with Crippen LogP contribution in [0.5, 0.6) is 0 Å². The number of hydrogen-bond donors (Lipinski definition) is 2. The first-order valence-corrected chi connectivity index (χ1v) is 13.0. The SMILES string of the molecule is CC(C)n1nccc1-c1ncccc1CNc1nc(N2CCC(OC(N)=O)CC2)nc2c1ncn2C(C)C. The number of pyridine rings is 1. The van der Waals surface area contributed by atoms with E-state index in [0.29, 0.717) is 49.8 Å². The third-order valence-electron chi connectivity index (χ3n) is 6.71. The summed E-state index contributed by atoms with van der Waals surface area (Å²) < 4.78 is 9.21. The summed E-state index contributed by atoms with van der Waals surface area (Å²) >= 11 is 0. The zero-order valence-corrected chi connectivity index (χ0v) is 22.2. The average Bonchev–Trinajstić information content (AvgIpc) is 3.55. The Bertz CT molecular complexity index is 1420. The van der Waals surface area contributed by atoms with E-state index in [1.54, 1.807) is 12.4 Å². The van der Waals surface area contributed by atoms with E-state index < -0.39 is 6.09 Å². The van der Waals surface area contributed by atoms with Gasteiger partial charge >= 0.3 is 6.09 Å². The molecule has 0 bridgehead atoms. The summed E-state index contributed by atoms with van der Waals surface area (Å²) in [5.74, 6) is 1.27. The molecule has 1 amide bonds. The van der Waals surface area contributed by atoms with Crippen molar-refractivity contribution in [1.82, 2.24) is 34.3 Å². The van der Waals surface area contributed by atoms with Gasteiger partial charge in [-0.2, -0.15) is 15.1 Å². The number of imidazole rings is 1. The van der Waals surface area contributed by atoms with Crippen LogP contribution in [-0.2, 0) is 11.3 Å². The van der Waals surface area contributed by atoms with E-state index in [1.807, 2.05) is 27.7 Å². The van der Waals surface area contributed by atoms with Crippen LogP contribution in [0.25, 0.3) is 22.6 Å². The zero-order valence-electron chi connectivity index (χ0n) is 22.2. The molecule has 4 aromatic rings. The Morgan fingerprint density at radius 3 is 2.61 bits per heavy atom. The lowest BCUT2D eigenvalue weighted by molar-refractivity contribution is 0.0911. The monoisotopic (exact) mass is 518 g/mol. The van der Waals surface area contributed by atoms with Gasteiger partial charge in [0.15, 0.2) is 17.0 Å². The Morgan fingerprint density at radius 1 is 1.11 bits per heavy atom. The lowest BCUT2D eigenvalue weighted by Gasteiger charge is -2.31. The van der Waals surface area contributed by atoms with Crippen LogP contribution in [0.4, 0.5) is 16.6 Å². The first-order chi connectivity index (χ1) is 18.3. The molecule has 12 heteroatoms. The number of carbonyl (C=O) groups is 1. The molecule has 5 heterocycles. The number of nitrogens with zero attached hydrogens (tertiary/aromatic N) is 8. The molecular weight excluding hydrogens is 484 g/mol. The summed E-state index contributed by atoms with van der Waals surface area (Å²) in [7, 11) is 0. The molecule has 38 heavy (non-hydrogen) atoms. The molecule has 200 valence electrons. The second-order valence-corrected chi connectivity index (χ2v) is 10.0. The quantitative estimate of drug-likeness (QED) is 0.355. The van der Waals surface area contributed by atoms with Gasteiger partial charge in [-0.3, -0.25) is 9.67 Å². The molecule has 12 nitrogen and oxygen atoms in total. The molecule has 0 spiro atoms. The number of aromatic nitrogens is 7. The van der Waals surface area contributed by atoms with Gasteiger partial charge in [0, 0.05) is 57.0 Å². The van der Waals surface area contributed by atoms with Gasteiger partial charge in [-0.15, -0.1) is 0 Å². The number of piperidine rings is 1. The standard InChI is InChI=1S/C26H34N10O2/c1-16(2)35-15-30-22-23(32-26(33-24(22)35)34-12-8-19(9-13-34)38-25(27)37)29-14-18-6-5-10-28-21(18)20-7-11-31-36(20)17(3)4/h5-7,10-11,15-17,19H,8-9,12-14H2,1-4H3,(H2,27,37)(H,29,32,33). The third-order valence-corrected chi connectivity index (χ3v) is 6.71. The molecule has 0 radical (unpaired) electrons. The molecule has 0 atom stereocenters. The smallest absolute Gasteiger partial charge is 0.404 e. The minimum Gasteiger partial charge on any atom is -0.446 e. The molecule has 1 fully saturated rings. The zero-order chi connectivity index (χ0) is 26.8. The Morgan fingerprint density at radius 2 is 1.89 bits per heavy atom. The van der Waals surface area contributed by atoms with Gasteiger partial charge in [0.05, 0.1) is 17.7 Å². The van der Waals surface area contributed by atoms with Crippen LogP contribution in [-0.4, -0.2) is 59.6 Å². The van der Waals surface area contributed by atoms with Crippen LogP contribution < -0.4 is 16.0 Å². The summed E-state index contributed by atoms with van der Waals surface area (Å²) in [5, 5.41) is 7.99. The van der Waals surface area contributed by atoms with Crippen molar-refractivity contribution in [3.8, 4) is 11.4 Å². The van der Waals surface area contributed by atoms with Gasteiger partial charge in [-0.05, 0) is 45.4 Å². The maximum absolute atomic E-state index is 11.2. The topological polar surface area (TPSA) is 142 Å². The molecule has 1 aliphatic rings. The lowest BCUT2D eigenvalue weighted by Crippen LogP contribution is -2.39. The number of hydrogen-bond acceptors (Lipinski definition) is 9. The van der Waals surface area contributed by atoms with E-state index in [-0.39, 0.29) is 18.2 Å². The fourth-order valence-corrected chi connectivity index (χ4v) is 4.79. The second kappa shape index (κ2) is 10.6. The first-order valence-electron chi connectivity index (χ1n) is 13.0. The van der Waals surface area contributed by atoms with Crippen molar-refractivity contribution in [1.29, 1.82) is 0 Å². The van der Waals surface area contributed by atoms with Crippen molar-refractivity contribution in [3.63, 3.8) is 0 Å². The van der Waals surface area contributed by atoms with Crippen molar-refractivity contribution in [2.75, 3.05) is 23.3 Å². The van der Waals surface area contributed by atoms with Crippen molar-refractivity contribution in [2.45, 2.75) is 65.3 Å². The number of ether oxygens (including phenoxy) is 1. The van der Waals surface area contributed by atoms with Crippen LogP contribution in [0.1, 0.15) is 58.2 Å². The summed E-state index contributed by atoms with van der Waals surface area (Å²) in [5.41, 5.74) is 9.56. The minimum absolute atomic E-state index is 0.186. The van der Waals surface area contributed by atoms with Crippen LogP contribution in [0.3, 0.4) is 0 Å². The Hall–Kier alpha value is -4.22. The minimum atomic E-state index is -0.736. The summed E-state index contributed by atoms with van der Waals surface area (Å²) in [6.45, 7) is 10.2. The Balaban J connectivity index is 1.45. The molecular formula is C26H34N10O2. The number of nitrogens with two attached hydrogens (primary N) is 1. The van der Waals surface area contributed by atoms with Crippen molar-refractivity contribution >= 4 is 29.0 Å². The molecule has 0 saturated carbocycles. The fraction of sp³-hybridized carbons (Fsp3) is 0.462. The van der Waals surface area contributed by atoms with Crippen LogP contribution in [0.2, 0.25) is 0 Å². The normalized spacial score (nSPS) is 14.5. The maximum Gasteiger partial charge on any atom is 0.404 e. The number of anilines is 2. The highest BCUT2D eigenvalue weighted by Gasteiger charge is 2.25. The van der Waals surface area contributed by atoms with E-state index in [0.717, 1.165) is 22.6 Å². The second-order valence-electron chi connectivity index (χ2n) is 10.0. The van der Waals surface area contributed by atoms with E-state index >= 15 is 0 Å². The van der Waals surface area contributed by atoms with Crippen molar-refractivity contribution in [2.24, 2.45) is 5.73 Å². The summed E-state index contributed by atoms with van der Waals surface area (Å²) in [6.07, 6.45) is 5.82. The molecule has 0 aromatic carbocycles. The maximum atomic E-state index is 11.2. The van der Waals surface area contributed by atoms with Gasteiger partial charge in [-0.25, -0.2) is 9.78 Å². The number of fused-ring (bicyclic) bond motifs is 1. The molecule has 5 rings (SSSR count). The van der Waals surface area contributed by atoms with Gasteiger partial charge in [0.1, 0.15) is 6.10 Å². The highest BCUT2D eigenvalue weighted by molar-refractivity contribution is 5.84. The molecule has 4 aromatic heterocycles. The van der Waals surface area contributed by atoms with Gasteiger partial charge in [0.25, 0.3) is 0 Å². The third kappa shape index (κ3) is 5.11. The predicted molar refractivity (Wildman–Crippen MR) is 145 cm³/mol. The molecule has 0 unspecified atom stereocenters. The molecule has 1 aliphatic heterocycles. The largest absolute Gasteiger partial charge is 0.446 e. The number of nitrogens with one attached hydrogen (secondary N) is 1. The Kier molecular flexibility index (Phi) is 7.12. The molecule has 0 aliphatic carbocycles. The molecule has 1 saturated heterocycles. The highest BCUT2D eigenvalue weighted by Crippen LogP contribution is 2.29. The Labute approximate surface area is 221 Å². The van der Waals surface area contributed by atoms with Crippen LogP contribution in [0.15, 0.2) is 36.9 Å². The number of amides is 1. The first kappa shape index (κ1) is 25.4. The number of rotatable bonds is 8. The van der Waals surface area contributed by atoms with E-state index in [9.17, 15) is 4.79 Å². The highest BCUT2D eigenvalue weighted by atomic mass is 16.6. The number of carbonyl (C=O) groups excluding carboxylic acids is 1. The van der Waals surface area contributed by atoms with E-state index in [1.165, 1.54) is 0 Å². The summed E-state index contributed by atoms with van der Waals surface area (Å²) in [6, 6.07) is 6.38. The average molecular weight is 519 g/mol.